The van der Waals surface area contributed by atoms with Crippen LogP contribution in [0.4, 0.5) is 0 Å². The summed E-state index contributed by atoms with van der Waals surface area (Å²) in [6.45, 7) is 2.47. The minimum absolute atomic E-state index is 0.0551. The fraction of sp³-hybridized carbons (Fsp3) is 0.250. The average Bonchev–Trinajstić information content (AvgIpc) is 3.31. The highest BCUT2D eigenvalue weighted by Gasteiger charge is 2.18. The van der Waals surface area contributed by atoms with Gasteiger partial charge in [-0.2, -0.15) is 0 Å². The van der Waals surface area contributed by atoms with E-state index in [0.29, 0.717) is 19.7 Å². The lowest BCUT2D eigenvalue weighted by Gasteiger charge is -2.23. The van der Waals surface area contributed by atoms with E-state index in [9.17, 15) is 4.79 Å². The Hall–Kier alpha value is -2.37. The van der Waals surface area contributed by atoms with Crippen molar-refractivity contribution in [1.29, 1.82) is 0 Å². The number of hydrogen-bond acceptors (Lipinski definition) is 3. The monoisotopic (exact) mass is 354 g/mol. The SMILES string of the molecule is COCCN(Cc1cccn1Cc1ccccc1)C(=O)c1cccs1. The summed E-state index contributed by atoms with van der Waals surface area (Å²) in [6, 6.07) is 18.2. The standard InChI is InChI=1S/C20H22N2O2S/c1-24-13-12-22(20(23)19-10-6-14-25-19)16-18-9-5-11-21(18)15-17-7-3-2-4-8-17/h2-11,14H,12-13,15-16H2,1H3. The summed E-state index contributed by atoms with van der Waals surface area (Å²) in [7, 11) is 1.66. The molecule has 5 heteroatoms. The molecular formula is C20H22N2O2S. The van der Waals surface area contributed by atoms with Gasteiger partial charge < -0.3 is 14.2 Å². The largest absolute Gasteiger partial charge is 0.383 e. The molecule has 0 aliphatic carbocycles. The second-order valence-electron chi connectivity index (χ2n) is 5.81. The topological polar surface area (TPSA) is 34.5 Å². The molecule has 0 spiro atoms. The molecule has 3 aromatic rings. The van der Waals surface area contributed by atoms with Gasteiger partial charge in [-0.3, -0.25) is 4.79 Å². The number of thiophene rings is 1. The Labute approximate surface area is 152 Å². The molecule has 1 amide bonds. The summed E-state index contributed by atoms with van der Waals surface area (Å²) in [4.78, 5) is 15.4. The van der Waals surface area contributed by atoms with Crippen molar-refractivity contribution in [1.82, 2.24) is 9.47 Å². The molecule has 1 aromatic carbocycles. The minimum Gasteiger partial charge on any atom is -0.383 e. The Morgan fingerprint density at radius 2 is 1.96 bits per heavy atom. The first-order valence-electron chi connectivity index (χ1n) is 8.27. The molecule has 2 heterocycles. The number of carbonyl (C=O) groups excluding carboxylic acids is 1. The molecule has 0 atom stereocenters. The van der Waals surface area contributed by atoms with Crippen LogP contribution in [0, 0.1) is 0 Å². The summed E-state index contributed by atoms with van der Waals surface area (Å²) >= 11 is 1.47. The van der Waals surface area contributed by atoms with E-state index >= 15 is 0 Å². The van der Waals surface area contributed by atoms with Gasteiger partial charge in [0.15, 0.2) is 0 Å². The minimum atomic E-state index is 0.0551. The van der Waals surface area contributed by atoms with Crippen molar-refractivity contribution in [2.75, 3.05) is 20.3 Å². The van der Waals surface area contributed by atoms with E-state index in [1.165, 1.54) is 16.9 Å². The second kappa shape index (κ2) is 8.65. The number of amides is 1. The molecule has 0 aliphatic heterocycles. The van der Waals surface area contributed by atoms with Crippen molar-refractivity contribution in [3.05, 3.63) is 82.3 Å². The second-order valence-corrected chi connectivity index (χ2v) is 6.76. The zero-order chi connectivity index (χ0) is 17.5. The lowest BCUT2D eigenvalue weighted by Crippen LogP contribution is -2.33. The zero-order valence-corrected chi connectivity index (χ0v) is 15.1. The molecule has 0 N–H and O–H groups in total. The van der Waals surface area contributed by atoms with Crippen molar-refractivity contribution < 1.29 is 9.53 Å². The maximum absolute atomic E-state index is 12.8. The van der Waals surface area contributed by atoms with Crippen LogP contribution < -0.4 is 0 Å². The first-order chi connectivity index (χ1) is 12.3. The van der Waals surface area contributed by atoms with Gasteiger partial charge in [0.05, 0.1) is 18.0 Å². The first-order valence-corrected chi connectivity index (χ1v) is 9.15. The van der Waals surface area contributed by atoms with Crippen LogP contribution in [0.25, 0.3) is 0 Å². The van der Waals surface area contributed by atoms with E-state index in [0.717, 1.165) is 17.1 Å². The Morgan fingerprint density at radius 3 is 2.68 bits per heavy atom. The van der Waals surface area contributed by atoms with Gasteiger partial charge in [0, 0.05) is 32.1 Å². The summed E-state index contributed by atoms with van der Waals surface area (Å²) in [6.07, 6.45) is 2.06. The number of nitrogens with zero attached hydrogens (tertiary/aromatic N) is 2. The number of ether oxygens (including phenoxy) is 1. The van der Waals surface area contributed by atoms with E-state index in [1.807, 2.05) is 46.7 Å². The fourth-order valence-corrected chi connectivity index (χ4v) is 3.42. The van der Waals surface area contributed by atoms with Crippen LogP contribution in [0.5, 0.6) is 0 Å². The molecule has 0 saturated heterocycles. The Balaban J connectivity index is 1.76. The Morgan fingerprint density at radius 1 is 1.12 bits per heavy atom. The van der Waals surface area contributed by atoms with E-state index in [-0.39, 0.29) is 5.91 Å². The third-order valence-electron chi connectivity index (χ3n) is 4.06. The molecule has 0 radical (unpaired) electrons. The quantitative estimate of drug-likeness (QED) is 0.615. The van der Waals surface area contributed by atoms with Crippen LogP contribution in [-0.2, 0) is 17.8 Å². The highest BCUT2D eigenvalue weighted by atomic mass is 32.1. The summed E-state index contributed by atoms with van der Waals surface area (Å²) in [5.74, 6) is 0.0551. The molecule has 0 bridgehead atoms. The van der Waals surface area contributed by atoms with E-state index in [4.69, 9.17) is 4.74 Å². The van der Waals surface area contributed by atoms with Gasteiger partial charge in [0.2, 0.25) is 0 Å². The normalized spacial score (nSPS) is 10.8. The van der Waals surface area contributed by atoms with E-state index in [1.54, 1.807) is 7.11 Å². The zero-order valence-electron chi connectivity index (χ0n) is 14.3. The third kappa shape index (κ3) is 4.59. The molecule has 0 aliphatic rings. The van der Waals surface area contributed by atoms with Gasteiger partial charge >= 0.3 is 0 Å². The highest BCUT2D eigenvalue weighted by Crippen LogP contribution is 2.16. The molecule has 130 valence electrons. The van der Waals surface area contributed by atoms with Crippen molar-refractivity contribution in [3.63, 3.8) is 0 Å². The molecule has 2 aromatic heterocycles. The van der Waals surface area contributed by atoms with Gasteiger partial charge in [-0.15, -0.1) is 11.3 Å². The van der Waals surface area contributed by atoms with Crippen LogP contribution in [0.3, 0.4) is 0 Å². The van der Waals surface area contributed by atoms with Gasteiger partial charge in [0.1, 0.15) is 0 Å². The molecule has 0 saturated carbocycles. The third-order valence-corrected chi connectivity index (χ3v) is 4.91. The van der Waals surface area contributed by atoms with Crippen LogP contribution in [0.15, 0.2) is 66.2 Å². The van der Waals surface area contributed by atoms with Crippen LogP contribution >= 0.6 is 11.3 Å². The van der Waals surface area contributed by atoms with Crippen molar-refractivity contribution >= 4 is 17.2 Å². The molecule has 0 unspecified atom stereocenters. The summed E-state index contributed by atoms with van der Waals surface area (Å²) in [5, 5.41) is 1.93. The van der Waals surface area contributed by atoms with Gasteiger partial charge in [-0.1, -0.05) is 36.4 Å². The number of hydrogen-bond donors (Lipinski definition) is 0. The van der Waals surface area contributed by atoms with Crippen LogP contribution in [0.2, 0.25) is 0 Å². The molecule has 4 nitrogen and oxygen atoms in total. The van der Waals surface area contributed by atoms with Gasteiger partial charge in [-0.25, -0.2) is 0 Å². The summed E-state index contributed by atoms with van der Waals surface area (Å²) in [5.41, 5.74) is 2.36. The number of carbonyl (C=O) groups is 1. The Bertz CT molecular complexity index is 781. The lowest BCUT2D eigenvalue weighted by molar-refractivity contribution is 0.0681. The molecule has 3 rings (SSSR count). The smallest absolute Gasteiger partial charge is 0.264 e. The van der Waals surface area contributed by atoms with Gasteiger partial charge in [-0.05, 0) is 29.1 Å². The molecule has 0 fully saturated rings. The number of benzene rings is 1. The maximum atomic E-state index is 12.8. The van der Waals surface area contributed by atoms with E-state index in [2.05, 4.69) is 29.0 Å². The maximum Gasteiger partial charge on any atom is 0.264 e. The predicted molar refractivity (Wildman–Crippen MR) is 101 cm³/mol. The first kappa shape index (κ1) is 17.5. The average molecular weight is 354 g/mol. The number of methoxy groups -OCH3 is 1. The van der Waals surface area contributed by atoms with E-state index < -0.39 is 0 Å². The lowest BCUT2D eigenvalue weighted by atomic mass is 10.2. The fourth-order valence-electron chi connectivity index (χ4n) is 2.73. The van der Waals surface area contributed by atoms with Crippen LogP contribution in [0.1, 0.15) is 20.9 Å². The number of aromatic nitrogens is 1. The summed E-state index contributed by atoms with van der Waals surface area (Å²) < 4.78 is 7.38. The van der Waals surface area contributed by atoms with Crippen LogP contribution in [-0.4, -0.2) is 35.6 Å². The van der Waals surface area contributed by atoms with Gasteiger partial charge in [0.25, 0.3) is 5.91 Å². The highest BCUT2D eigenvalue weighted by molar-refractivity contribution is 7.12. The Kier molecular flexibility index (Phi) is 6.04. The molecular weight excluding hydrogens is 332 g/mol. The van der Waals surface area contributed by atoms with Crippen molar-refractivity contribution in [3.8, 4) is 0 Å². The van der Waals surface area contributed by atoms with Crippen molar-refractivity contribution in [2.45, 2.75) is 13.1 Å². The van der Waals surface area contributed by atoms with Crippen molar-refractivity contribution in [2.24, 2.45) is 0 Å². The predicted octanol–water partition coefficient (Wildman–Crippen LogP) is 3.89. The number of rotatable bonds is 8. The molecule has 25 heavy (non-hydrogen) atoms.